The molecule has 0 aromatic heterocycles. The third-order valence-corrected chi connectivity index (χ3v) is 5.89. The van der Waals surface area contributed by atoms with Crippen LogP contribution in [0.2, 0.25) is 5.02 Å². The molecule has 0 spiro atoms. The van der Waals surface area contributed by atoms with Gasteiger partial charge in [-0.25, -0.2) is 12.8 Å². The molecule has 6 nitrogen and oxygen atoms in total. The van der Waals surface area contributed by atoms with Gasteiger partial charge in [0.2, 0.25) is 0 Å². The molecule has 3 aromatic rings. The topological polar surface area (TPSA) is 95.5 Å². The van der Waals surface area contributed by atoms with Gasteiger partial charge in [0.1, 0.15) is 11.6 Å². The van der Waals surface area contributed by atoms with Gasteiger partial charge in [0, 0.05) is 9.50 Å². The summed E-state index contributed by atoms with van der Waals surface area (Å²) in [6, 6.07) is 13.3. The van der Waals surface area contributed by atoms with Crippen molar-refractivity contribution in [1.82, 2.24) is 0 Å². The van der Waals surface area contributed by atoms with E-state index in [1.807, 2.05) is 0 Å². The second-order valence-corrected chi connectivity index (χ2v) is 8.91. The maximum atomic E-state index is 14.0. The van der Waals surface area contributed by atoms with Crippen molar-refractivity contribution in [3.63, 3.8) is 0 Å². The van der Waals surface area contributed by atoms with E-state index in [0.717, 1.165) is 24.3 Å². The van der Waals surface area contributed by atoms with Gasteiger partial charge in [-0.1, -0.05) is 33.6 Å². The summed E-state index contributed by atoms with van der Waals surface area (Å²) < 4.78 is 42.0. The van der Waals surface area contributed by atoms with Crippen LogP contribution in [0, 0.1) is 5.82 Å². The first-order valence-corrected chi connectivity index (χ1v) is 10.7. The van der Waals surface area contributed by atoms with Crippen LogP contribution in [0.1, 0.15) is 10.4 Å². The van der Waals surface area contributed by atoms with E-state index in [-0.39, 0.29) is 27.6 Å². The Balaban J connectivity index is 1.88. The number of sulfonamides is 1. The van der Waals surface area contributed by atoms with Gasteiger partial charge in [0.05, 0.1) is 21.8 Å². The van der Waals surface area contributed by atoms with Crippen molar-refractivity contribution in [2.75, 3.05) is 10.0 Å². The fourth-order valence-electron chi connectivity index (χ4n) is 2.41. The van der Waals surface area contributed by atoms with Gasteiger partial charge in [0.25, 0.3) is 15.9 Å². The highest BCUT2D eigenvalue weighted by Gasteiger charge is 2.19. The number of phenols is 1. The lowest BCUT2D eigenvalue weighted by Gasteiger charge is -2.12. The number of benzene rings is 3. The number of nitrogens with one attached hydrogen (secondary N) is 2. The second kappa shape index (κ2) is 8.40. The first-order valence-electron chi connectivity index (χ1n) is 8.03. The monoisotopic (exact) mass is 498 g/mol. The zero-order chi connectivity index (χ0) is 21.2. The molecule has 0 aliphatic carbocycles. The Bertz CT molecular complexity index is 1200. The van der Waals surface area contributed by atoms with E-state index in [1.165, 1.54) is 24.3 Å². The number of anilines is 2. The van der Waals surface area contributed by atoms with E-state index in [1.54, 1.807) is 12.1 Å². The number of hydrogen-bond donors (Lipinski definition) is 3. The highest BCUT2D eigenvalue weighted by atomic mass is 79.9. The van der Waals surface area contributed by atoms with Gasteiger partial charge in [-0.3, -0.25) is 9.52 Å². The largest absolute Gasteiger partial charge is 0.506 e. The highest BCUT2D eigenvalue weighted by Crippen LogP contribution is 2.29. The van der Waals surface area contributed by atoms with Gasteiger partial charge in [-0.15, -0.1) is 0 Å². The molecule has 29 heavy (non-hydrogen) atoms. The summed E-state index contributed by atoms with van der Waals surface area (Å²) in [7, 11) is -4.03. The van der Waals surface area contributed by atoms with Gasteiger partial charge in [0.15, 0.2) is 0 Å². The Kier molecular flexibility index (Phi) is 6.11. The van der Waals surface area contributed by atoms with Crippen LogP contribution in [0.3, 0.4) is 0 Å². The zero-order valence-electron chi connectivity index (χ0n) is 14.5. The third-order valence-electron chi connectivity index (χ3n) is 3.78. The summed E-state index contributed by atoms with van der Waals surface area (Å²) in [5.74, 6) is -2.00. The van der Waals surface area contributed by atoms with Gasteiger partial charge < -0.3 is 10.4 Å². The van der Waals surface area contributed by atoms with Crippen molar-refractivity contribution in [2.24, 2.45) is 0 Å². The SMILES string of the molecule is O=C(Nc1cc(S(=O)(=O)Nc2cccc(Cl)c2)ccc1O)c1ccc(Br)cc1F. The fraction of sp³-hybridized carbons (Fsp3) is 0. The molecule has 10 heteroatoms. The van der Waals surface area contributed by atoms with E-state index in [0.29, 0.717) is 9.50 Å². The van der Waals surface area contributed by atoms with E-state index < -0.39 is 21.7 Å². The van der Waals surface area contributed by atoms with Crippen LogP contribution in [0.5, 0.6) is 5.75 Å². The van der Waals surface area contributed by atoms with Gasteiger partial charge >= 0.3 is 0 Å². The first-order chi connectivity index (χ1) is 13.7. The number of halogens is 3. The summed E-state index contributed by atoms with van der Waals surface area (Å²) in [6.07, 6.45) is 0. The lowest BCUT2D eigenvalue weighted by molar-refractivity contribution is 0.102. The summed E-state index contributed by atoms with van der Waals surface area (Å²) in [4.78, 5) is 12.1. The Morgan fingerprint density at radius 2 is 1.83 bits per heavy atom. The Morgan fingerprint density at radius 1 is 1.07 bits per heavy atom. The molecule has 0 radical (unpaired) electrons. The number of amides is 1. The average Bonchev–Trinajstić information content (AvgIpc) is 2.63. The van der Waals surface area contributed by atoms with Crippen molar-refractivity contribution in [1.29, 1.82) is 0 Å². The standard InChI is InChI=1S/C19H13BrClFN2O4S/c20-11-4-6-15(16(22)8-11)19(26)23-17-10-14(5-7-18(17)25)29(27,28)24-13-3-1-2-12(21)9-13/h1-10,24-25H,(H,23,26). The first kappa shape index (κ1) is 21.1. The average molecular weight is 500 g/mol. The summed E-state index contributed by atoms with van der Waals surface area (Å²) in [5, 5.41) is 12.6. The molecular formula is C19H13BrClFN2O4S. The second-order valence-electron chi connectivity index (χ2n) is 5.87. The Labute approximate surface area is 179 Å². The fourth-order valence-corrected chi connectivity index (χ4v) is 4.01. The van der Waals surface area contributed by atoms with Crippen molar-refractivity contribution in [3.05, 3.63) is 81.5 Å². The molecule has 1 amide bonds. The minimum Gasteiger partial charge on any atom is -0.506 e. The number of hydrogen-bond acceptors (Lipinski definition) is 4. The molecule has 0 aliphatic rings. The molecule has 0 fully saturated rings. The molecule has 0 saturated carbocycles. The minimum atomic E-state index is -4.03. The summed E-state index contributed by atoms with van der Waals surface area (Å²) >= 11 is 8.95. The van der Waals surface area contributed by atoms with E-state index in [9.17, 15) is 22.7 Å². The lowest BCUT2D eigenvalue weighted by atomic mass is 10.2. The lowest BCUT2D eigenvalue weighted by Crippen LogP contribution is -2.16. The number of phenolic OH excluding ortho intramolecular Hbond substituents is 1. The van der Waals surface area contributed by atoms with Crippen molar-refractivity contribution in [2.45, 2.75) is 4.90 Å². The number of carbonyl (C=O) groups is 1. The molecule has 0 unspecified atom stereocenters. The molecule has 3 rings (SSSR count). The maximum Gasteiger partial charge on any atom is 0.261 e. The van der Waals surface area contributed by atoms with Crippen LogP contribution < -0.4 is 10.0 Å². The van der Waals surface area contributed by atoms with E-state index >= 15 is 0 Å². The third kappa shape index (κ3) is 5.06. The smallest absolute Gasteiger partial charge is 0.261 e. The van der Waals surface area contributed by atoms with Crippen LogP contribution in [-0.4, -0.2) is 19.4 Å². The molecule has 0 aliphatic heterocycles. The molecular weight excluding hydrogens is 487 g/mol. The number of aromatic hydroxyl groups is 1. The normalized spacial score (nSPS) is 11.1. The number of carbonyl (C=O) groups excluding carboxylic acids is 1. The number of rotatable bonds is 5. The van der Waals surface area contributed by atoms with Gasteiger partial charge in [-0.2, -0.15) is 0 Å². The molecule has 0 heterocycles. The molecule has 0 saturated heterocycles. The van der Waals surface area contributed by atoms with Crippen LogP contribution in [0.4, 0.5) is 15.8 Å². The minimum absolute atomic E-state index is 0.189. The quantitative estimate of drug-likeness (QED) is 0.431. The Hall–Kier alpha value is -2.62. The van der Waals surface area contributed by atoms with Crippen LogP contribution in [-0.2, 0) is 10.0 Å². The highest BCUT2D eigenvalue weighted by molar-refractivity contribution is 9.10. The Morgan fingerprint density at radius 3 is 2.52 bits per heavy atom. The molecule has 0 bridgehead atoms. The van der Waals surface area contributed by atoms with Crippen LogP contribution >= 0.6 is 27.5 Å². The summed E-state index contributed by atoms with van der Waals surface area (Å²) in [6.45, 7) is 0. The predicted molar refractivity (Wildman–Crippen MR) is 112 cm³/mol. The molecule has 3 N–H and O–H groups in total. The molecule has 3 aromatic carbocycles. The van der Waals surface area contributed by atoms with E-state index in [2.05, 4.69) is 26.0 Å². The van der Waals surface area contributed by atoms with Crippen LogP contribution in [0.25, 0.3) is 0 Å². The summed E-state index contributed by atoms with van der Waals surface area (Å²) in [5.41, 5.74) is -0.211. The zero-order valence-corrected chi connectivity index (χ0v) is 17.6. The predicted octanol–water partition coefficient (Wildman–Crippen LogP) is 5.00. The maximum absolute atomic E-state index is 14.0. The molecule has 0 atom stereocenters. The molecule has 150 valence electrons. The van der Waals surface area contributed by atoms with Crippen LogP contribution in [0.15, 0.2) is 70.0 Å². The van der Waals surface area contributed by atoms with Crippen molar-refractivity contribution >= 4 is 54.8 Å². The van der Waals surface area contributed by atoms with Crippen molar-refractivity contribution < 1.29 is 22.7 Å². The van der Waals surface area contributed by atoms with E-state index in [4.69, 9.17) is 11.6 Å². The van der Waals surface area contributed by atoms with Gasteiger partial charge in [-0.05, 0) is 54.6 Å². The van der Waals surface area contributed by atoms with Crippen molar-refractivity contribution in [3.8, 4) is 5.75 Å².